The smallest absolute Gasteiger partial charge is 0.264 e. The summed E-state index contributed by atoms with van der Waals surface area (Å²) in [5.74, 6) is 0.706. The lowest BCUT2D eigenvalue weighted by Crippen LogP contribution is -2.49. The van der Waals surface area contributed by atoms with Crippen LogP contribution in [0.25, 0.3) is 0 Å². The number of carbonyl (C=O) groups is 1. The molecule has 2 N–H and O–H groups in total. The van der Waals surface area contributed by atoms with Gasteiger partial charge in [-0.2, -0.15) is 0 Å². The van der Waals surface area contributed by atoms with Crippen molar-refractivity contribution in [3.63, 3.8) is 0 Å². The van der Waals surface area contributed by atoms with Gasteiger partial charge in [0, 0.05) is 42.3 Å². The number of anilines is 1. The lowest BCUT2D eigenvalue weighted by Gasteiger charge is -2.45. The van der Waals surface area contributed by atoms with E-state index in [4.69, 9.17) is 21.1 Å². The van der Waals surface area contributed by atoms with Crippen molar-refractivity contribution in [3.8, 4) is 5.75 Å². The minimum absolute atomic E-state index is 0.124. The molecule has 2 aliphatic carbocycles. The molecule has 46 heavy (non-hydrogen) atoms. The first-order valence-electron chi connectivity index (χ1n) is 17.0. The Labute approximate surface area is 277 Å². The molecule has 10 heteroatoms. The zero-order chi connectivity index (χ0) is 31.9. The summed E-state index contributed by atoms with van der Waals surface area (Å²) in [7, 11) is -3.96. The van der Waals surface area contributed by atoms with Gasteiger partial charge in [0.1, 0.15) is 5.75 Å². The summed E-state index contributed by atoms with van der Waals surface area (Å²) in [6.07, 6.45) is 11.2. The van der Waals surface area contributed by atoms with Gasteiger partial charge in [-0.3, -0.25) is 4.79 Å². The van der Waals surface area contributed by atoms with Crippen LogP contribution in [0.15, 0.2) is 48.6 Å². The van der Waals surface area contributed by atoms with Crippen molar-refractivity contribution >= 4 is 33.2 Å². The third kappa shape index (κ3) is 6.45. The van der Waals surface area contributed by atoms with Gasteiger partial charge < -0.3 is 19.5 Å². The molecular weight excluding hydrogens is 624 g/mol. The molecule has 0 unspecified atom stereocenters. The average Bonchev–Trinajstić information content (AvgIpc) is 3.17. The molecule has 3 aliphatic heterocycles. The van der Waals surface area contributed by atoms with E-state index in [0.717, 1.165) is 55.7 Å². The Morgan fingerprint density at radius 3 is 2.72 bits per heavy atom. The maximum atomic E-state index is 13.8. The third-order valence-electron chi connectivity index (χ3n) is 11.3. The number of aryl methyl sites for hydroxylation is 1. The van der Waals surface area contributed by atoms with E-state index in [0.29, 0.717) is 63.5 Å². The molecule has 2 bridgehead atoms. The Kier molecular flexibility index (Phi) is 9.13. The maximum absolute atomic E-state index is 13.8. The standard InChI is InChI=1S/C36H45ClN2O6S/c37-28-9-11-31-25(19-28)4-3-15-36(31)22-39-21-27-7-10-30(27)33(40)6-2-1-5-29(18-24-13-16-44-17-14-24)46(42,43)38-35(41)26-8-12-34(45-23-36)32(39)20-26/h2,6,8-9,11-12,19-20,24,27,29-30,33,40H,1,3-5,7,10,13-18,21-23H2,(H,38,41)/b6-2-/t27-,29+,30+,33-,36-/m0/s1. The normalized spacial score (nSPS) is 32.2. The van der Waals surface area contributed by atoms with E-state index in [-0.39, 0.29) is 23.2 Å². The van der Waals surface area contributed by atoms with Gasteiger partial charge in [0.2, 0.25) is 10.0 Å². The van der Waals surface area contributed by atoms with E-state index in [1.54, 1.807) is 12.1 Å². The number of sulfonamides is 1. The Hall–Kier alpha value is -2.59. The Morgan fingerprint density at radius 2 is 1.91 bits per heavy atom. The number of allylic oxidation sites excluding steroid dienone is 1. The summed E-state index contributed by atoms with van der Waals surface area (Å²) in [6, 6.07) is 11.5. The molecule has 7 rings (SSSR count). The number of benzene rings is 2. The molecule has 2 aromatic rings. The van der Waals surface area contributed by atoms with Gasteiger partial charge in [0.25, 0.3) is 5.91 Å². The van der Waals surface area contributed by atoms with Crippen LogP contribution in [-0.2, 0) is 26.6 Å². The van der Waals surface area contributed by atoms with E-state index in [9.17, 15) is 18.3 Å². The number of hydrogen-bond acceptors (Lipinski definition) is 7. The molecule has 2 aromatic carbocycles. The van der Waals surface area contributed by atoms with Crippen LogP contribution in [0.5, 0.6) is 5.75 Å². The number of rotatable bonds is 2. The van der Waals surface area contributed by atoms with Gasteiger partial charge in [-0.1, -0.05) is 29.8 Å². The van der Waals surface area contributed by atoms with Crippen LogP contribution >= 0.6 is 11.6 Å². The van der Waals surface area contributed by atoms with Crippen LogP contribution in [0.2, 0.25) is 5.02 Å². The van der Waals surface area contributed by atoms with E-state index < -0.39 is 27.3 Å². The van der Waals surface area contributed by atoms with E-state index in [1.807, 2.05) is 24.3 Å². The van der Waals surface area contributed by atoms with Crippen LogP contribution in [0.3, 0.4) is 0 Å². The largest absolute Gasteiger partial charge is 0.490 e. The summed E-state index contributed by atoms with van der Waals surface area (Å²) in [5.41, 5.74) is 3.34. The first-order valence-corrected chi connectivity index (χ1v) is 18.9. The zero-order valence-electron chi connectivity index (χ0n) is 26.3. The second-order valence-corrected chi connectivity index (χ2v) is 16.6. The van der Waals surface area contributed by atoms with E-state index in [2.05, 4.69) is 21.8 Å². The number of aliphatic hydroxyl groups is 1. The highest BCUT2D eigenvalue weighted by molar-refractivity contribution is 7.90. The number of carbonyl (C=O) groups excluding carboxylic acids is 1. The number of ether oxygens (including phenoxy) is 2. The van der Waals surface area contributed by atoms with Crippen molar-refractivity contribution in [3.05, 3.63) is 70.3 Å². The third-order valence-corrected chi connectivity index (χ3v) is 13.3. The van der Waals surface area contributed by atoms with Crippen LogP contribution in [0, 0.1) is 17.8 Å². The summed E-state index contributed by atoms with van der Waals surface area (Å²) in [5, 5.41) is 11.3. The number of nitrogens with one attached hydrogen (secondary N) is 1. The predicted molar refractivity (Wildman–Crippen MR) is 179 cm³/mol. The minimum atomic E-state index is -3.96. The van der Waals surface area contributed by atoms with E-state index in [1.165, 1.54) is 11.1 Å². The molecule has 3 heterocycles. The summed E-state index contributed by atoms with van der Waals surface area (Å²) >= 11 is 6.41. The van der Waals surface area contributed by atoms with Crippen LogP contribution in [-0.4, -0.2) is 63.7 Å². The molecule has 1 saturated heterocycles. The number of fused-ring (bicyclic) bond motifs is 4. The highest BCUT2D eigenvalue weighted by Crippen LogP contribution is 2.47. The van der Waals surface area contributed by atoms with Crippen LogP contribution < -0.4 is 14.4 Å². The van der Waals surface area contributed by atoms with Crippen molar-refractivity contribution < 1.29 is 27.8 Å². The predicted octanol–water partition coefficient (Wildman–Crippen LogP) is 5.80. The molecule has 1 spiro atoms. The second kappa shape index (κ2) is 13.1. The Morgan fingerprint density at radius 1 is 1.07 bits per heavy atom. The molecule has 1 saturated carbocycles. The zero-order valence-corrected chi connectivity index (χ0v) is 27.9. The Bertz CT molecular complexity index is 1590. The monoisotopic (exact) mass is 668 g/mol. The quantitative estimate of drug-likeness (QED) is 0.390. The van der Waals surface area contributed by atoms with Gasteiger partial charge >= 0.3 is 0 Å². The van der Waals surface area contributed by atoms with Crippen LogP contribution in [0.1, 0.15) is 79.3 Å². The topological polar surface area (TPSA) is 105 Å². The number of hydrogen-bond donors (Lipinski definition) is 2. The lowest BCUT2D eigenvalue weighted by molar-refractivity contribution is 0.0456. The fourth-order valence-corrected chi connectivity index (χ4v) is 10.2. The fourth-order valence-electron chi connectivity index (χ4n) is 8.50. The molecular formula is C36H45ClN2O6S. The summed E-state index contributed by atoms with van der Waals surface area (Å²) in [4.78, 5) is 16.0. The molecule has 2 fully saturated rings. The molecule has 0 aromatic heterocycles. The first-order chi connectivity index (χ1) is 22.2. The molecule has 1 amide bonds. The second-order valence-electron chi connectivity index (χ2n) is 14.2. The van der Waals surface area contributed by atoms with Crippen molar-refractivity contribution in [2.45, 2.75) is 81.0 Å². The van der Waals surface area contributed by atoms with Gasteiger partial charge in [0.05, 0.1) is 23.6 Å². The SMILES string of the molecule is O=C1NS(=O)(=O)[C@@H](CC2CCOCC2)CC/C=C\[C@H](O)[C@@H]2CC[C@H]2CN2C[C@@]3(CCCc4cc(Cl)ccc43)COc3ccc1cc32. The molecule has 5 atom stereocenters. The summed E-state index contributed by atoms with van der Waals surface area (Å²) < 4.78 is 42.0. The highest BCUT2D eigenvalue weighted by atomic mass is 35.5. The van der Waals surface area contributed by atoms with Crippen molar-refractivity contribution in [2.75, 3.05) is 37.8 Å². The van der Waals surface area contributed by atoms with Gasteiger partial charge in [0.15, 0.2) is 0 Å². The van der Waals surface area contributed by atoms with Crippen LogP contribution in [0.4, 0.5) is 5.69 Å². The van der Waals surface area contributed by atoms with Gasteiger partial charge in [-0.15, -0.1) is 0 Å². The van der Waals surface area contributed by atoms with Crippen molar-refractivity contribution in [2.24, 2.45) is 17.8 Å². The molecule has 5 aliphatic rings. The minimum Gasteiger partial charge on any atom is -0.490 e. The number of nitrogens with zero attached hydrogens (tertiary/aromatic N) is 1. The van der Waals surface area contributed by atoms with Gasteiger partial charge in [-0.25, -0.2) is 13.1 Å². The first kappa shape index (κ1) is 32.0. The molecule has 8 nitrogen and oxygen atoms in total. The number of amides is 1. The maximum Gasteiger partial charge on any atom is 0.264 e. The molecule has 248 valence electrons. The molecule has 0 radical (unpaired) electrons. The number of halogens is 1. The average molecular weight is 669 g/mol. The van der Waals surface area contributed by atoms with Crippen molar-refractivity contribution in [1.82, 2.24) is 4.72 Å². The van der Waals surface area contributed by atoms with Gasteiger partial charge in [-0.05, 0) is 123 Å². The lowest BCUT2D eigenvalue weighted by atomic mass is 9.68. The fraction of sp³-hybridized carbons (Fsp3) is 0.583. The highest BCUT2D eigenvalue weighted by Gasteiger charge is 2.44. The van der Waals surface area contributed by atoms with Crippen molar-refractivity contribution in [1.29, 1.82) is 0 Å². The Balaban J connectivity index is 1.25. The summed E-state index contributed by atoms with van der Waals surface area (Å²) in [6.45, 7) is 3.17. The van der Waals surface area contributed by atoms with E-state index >= 15 is 0 Å². The number of aliphatic hydroxyl groups excluding tert-OH is 1.